The van der Waals surface area contributed by atoms with Crippen LogP contribution in [0.1, 0.15) is 51.5 Å². The SMILES string of the molecule is Cc1c(CC(C)C)oc2ccc3sc4c(-c5cc(C(C)(C)C)c6ccccc6c5)nccc4c3c12. The van der Waals surface area contributed by atoms with Crippen LogP contribution in [-0.4, -0.2) is 4.98 Å². The van der Waals surface area contributed by atoms with E-state index in [0.29, 0.717) is 5.92 Å². The third-order valence-electron chi connectivity index (χ3n) is 7.08. The largest absolute Gasteiger partial charge is 0.461 e. The molecule has 176 valence electrons. The highest BCUT2D eigenvalue weighted by molar-refractivity contribution is 7.26. The zero-order chi connectivity index (χ0) is 24.5. The summed E-state index contributed by atoms with van der Waals surface area (Å²) in [5.74, 6) is 1.67. The van der Waals surface area contributed by atoms with Gasteiger partial charge in [-0.25, -0.2) is 0 Å². The van der Waals surface area contributed by atoms with Gasteiger partial charge in [0.05, 0.1) is 10.4 Å². The minimum atomic E-state index is 0.0383. The Morgan fingerprint density at radius 1 is 0.943 bits per heavy atom. The molecule has 0 amide bonds. The van der Waals surface area contributed by atoms with Gasteiger partial charge in [-0.05, 0) is 70.5 Å². The Balaban J connectivity index is 1.66. The number of hydrogen-bond donors (Lipinski definition) is 0. The lowest BCUT2D eigenvalue weighted by Crippen LogP contribution is -2.12. The second-order valence-corrected chi connectivity index (χ2v) is 12.2. The van der Waals surface area contributed by atoms with Gasteiger partial charge in [0.2, 0.25) is 0 Å². The molecular formula is C32H31NOS. The van der Waals surface area contributed by atoms with E-state index in [1.54, 1.807) is 0 Å². The van der Waals surface area contributed by atoms with Crippen LogP contribution in [0.15, 0.2) is 65.2 Å². The maximum atomic E-state index is 6.34. The lowest BCUT2D eigenvalue weighted by Gasteiger charge is -2.22. The lowest BCUT2D eigenvalue weighted by molar-refractivity contribution is 0.496. The molecule has 0 bridgehead atoms. The predicted molar refractivity (Wildman–Crippen MR) is 152 cm³/mol. The second-order valence-electron chi connectivity index (χ2n) is 11.2. The number of benzene rings is 3. The fourth-order valence-corrected chi connectivity index (χ4v) is 6.64. The number of hydrogen-bond acceptors (Lipinski definition) is 3. The average molecular weight is 478 g/mol. The summed E-state index contributed by atoms with van der Waals surface area (Å²) >= 11 is 1.84. The first-order valence-corrected chi connectivity index (χ1v) is 13.3. The zero-order valence-electron chi connectivity index (χ0n) is 21.3. The first-order valence-electron chi connectivity index (χ1n) is 12.5. The molecule has 0 spiro atoms. The Morgan fingerprint density at radius 2 is 1.74 bits per heavy atom. The number of furan rings is 1. The highest BCUT2D eigenvalue weighted by Gasteiger charge is 2.22. The Morgan fingerprint density at radius 3 is 2.51 bits per heavy atom. The second kappa shape index (κ2) is 7.93. The quantitative estimate of drug-likeness (QED) is 0.253. The molecule has 0 unspecified atom stereocenters. The summed E-state index contributed by atoms with van der Waals surface area (Å²) in [5.41, 5.74) is 5.92. The number of fused-ring (bicyclic) bond motifs is 6. The van der Waals surface area contributed by atoms with Crippen molar-refractivity contribution in [3.63, 3.8) is 0 Å². The number of aryl methyl sites for hydroxylation is 1. The molecule has 0 aliphatic carbocycles. The lowest BCUT2D eigenvalue weighted by atomic mass is 9.82. The molecule has 6 aromatic rings. The van der Waals surface area contributed by atoms with Gasteiger partial charge in [0.1, 0.15) is 11.3 Å². The standard InChI is InChI=1S/C32H31NOS/c1-18(2)15-26-19(3)28-25(34-26)11-12-27-29(28)23-13-14-33-30(31(23)35-27)21-16-20-9-7-8-10-22(20)24(17-21)32(4,5)6/h7-14,16-18H,15H2,1-6H3. The van der Waals surface area contributed by atoms with E-state index in [-0.39, 0.29) is 5.41 Å². The smallest absolute Gasteiger partial charge is 0.135 e. The molecule has 2 nitrogen and oxygen atoms in total. The minimum absolute atomic E-state index is 0.0383. The number of rotatable bonds is 3. The van der Waals surface area contributed by atoms with Crippen molar-refractivity contribution in [2.45, 2.75) is 53.4 Å². The Hall–Kier alpha value is -3.17. The number of nitrogens with zero attached hydrogens (tertiary/aromatic N) is 1. The molecular weight excluding hydrogens is 446 g/mol. The minimum Gasteiger partial charge on any atom is -0.461 e. The molecule has 0 N–H and O–H groups in total. The van der Waals surface area contributed by atoms with Crippen molar-refractivity contribution in [1.29, 1.82) is 0 Å². The predicted octanol–water partition coefficient (Wildman–Crippen LogP) is 9.82. The Bertz CT molecular complexity index is 1740. The molecule has 35 heavy (non-hydrogen) atoms. The van der Waals surface area contributed by atoms with Gasteiger partial charge in [0.25, 0.3) is 0 Å². The number of pyridine rings is 1. The molecule has 3 aromatic carbocycles. The van der Waals surface area contributed by atoms with E-state index in [1.807, 2.05) is 17.5 Å². The van der Waals surface area contributed by atoms with Gasteiger partial charge in [-0.15, -0.1) is 11.3 Å². The van der Waals surface area contributed by atoms with Crippen LogP contribution in [0, 0.1) is 12.8 Å². The highest BCUT2D eigenvalue weighted by atomic mass is 32.1. The van der Waals surface area contributed by atoms with Gasteiger partial charge in [0, 0.05) is 39.0 Å². The Kier molecular flexibility index (Phi) is 5.05. The summed E-state index contributed by atoms with van der Waals surface area (Å²) in [7, 11) is 0. The highest BCUT2D eigenvalue weighted by Crippen LogP contribution is 2.45. The molecule has 3 aromatic heterocycles. The fraction of sp³-hybridized carbons (Fsp3) is 0.281. The van der Waals surface area contributed by atoms with Crippen molar-refractivity contribution in [2.24, 2.45) is 5.92 Å². The van der Waals surface area contributed by atoms with Gasteiger partial charge < -0.3 is 4.42 Å². The molecule has 0 fully saturated rings. The molecule has 0 radical (unpaired) electrons. The number of aromatic nitrogens is 1. The number of thiophene rings is 1. The molecule has 3 heteroatoms. The van der Waals surface area contributed by atoms with Crippen molar-refractivity contribution >= 4 is 53.3 Å². The third-order valence-corrected chi connectivity index (χ3v) is 8.26. The zero-order valence-corrected chi connectivity index (χ0v) is 22.1. The maximum Gasteiger partial charge on any atom is 0.135 e. The summed E-state index contributed by atoms with van der Waals surface area (Å²) in [4.78, 5) is 4.94. The molecule has 0 saturated heterocycles. The maximum absolute atomic E-state index is 6.34. The summed E-state index contributed by atoms with van der Waals surface area (Å²) in [6.45, 7) is 13.6. The van der Waals surface area contributed by atoms with Gasteiger partial charge in [-0.3, -0.25) is 4.98 Å². The first-order chi connectivity index (χ1) is 16.7. The van der Waals surface area contributed by atoms with Crippen LogP contribution in [0.5, 0.6) is 0 Å². The molecule has 0 aliphatic rings. The average Bonchev–Trinajstić information content (AvgIpc) is 3.34. The monoisotopic (exact) mass is 477 g/mol. The molecule has 0 atom stereocenters. The van der Waals surface area contributed by atoms with Gasteiger partial charge in [-0.2, -0.15) is 0 Å². The van der Waals surface area contributed by atoms with Crippen LogP contribution >= 0.6 is 11.3 Å². The van der Waals surface area contributed by atoms with Crippen LogP contribution in [-0.2, 0) is 11.8 Å². The van der Waals surface area contributed by atoms with Crippen LogP contribution in [0.2, 0.25) is 0 Å². The van der Waals surface area contributed by atoms with Gasteiger partial charge in [0.15, 0.2) is 0 Å². The van der Waals surface area contributed by atoms with Crippen molar-refractivity contribution < 1.29 is 4.42 Å². The van der Waals surface area contributed by atoms with Gasteiger partial charge >= 0.3 is 0 Å². The van der Waals surface area contributed by atoms with E-state index >= 15 is 0 Å². The van der Waals surface area contributed by atoms with Crippen molar-refractivity contribution in [2.75, 3.05) is 0 Å². The fourth-order valence-electron chi connectivity index (χ4n) is 5.42. The van der Waals surface area contributed by atoms with Crippen molar-refractivity contribution in [1.82, 2.24) is 4.98 Å². The summed E-state index contributed by atoms with van der Waals surface area (Å²) < 4.78 is 8.88. The molecule has 3 heterocycles. The Labute approximate surface area is 210 Å². The summed E-state index contributed by atoms with van der Waals surface area (Å²) in [6, 6.07) is 19.9. The van der Waals surface area contributed by atoms with Crippen LogP contribution in [0.4, 0.5) is 0 Å². The van der Waals surface area contributed by atoms with E-state index in [9.17, 15) is 0 Å². The van der Waals surface area contributed by atoms with Crippen LogP contribution < -0.4 is 0 Å². The van der Waals surface area contributed by atoms with E-state index in [1.165, 1.54) is 53.0 Å². The van der Waals surface area contributed by atoms with E-state index in [2.05, 4.69) is 96.1 Å². The van der Waals surface area contributed by atoms with Gasteiger partial charge in [-0.1, -0.05) is 58.9 Å². The van der Waals surface area contributed by atoms with Crippen LogP contribution in [0.3, 0.4) is 0 Å². The van der Waals surface area contributed by atoms with Crippen LogP contribution in [0.25, 0.3) is 53.2 Å². The van der Waals surface area contributed by atoms with Crippen molar-refractivity contribution in [3.8, 4) is 11.3 Å². The third kappa shape index (κ3) is 3.56. The normalized spacial score (nSPS) is 12.7. The first kappa shape index (κ1) is 22.3. The van der Waals surface area contributed by atoms with Crippen molar-refractivity contribution in [3.05, 3.63) is 77.7 Å². The van der Waals surface area contributed by atoms with E-state index in [4.69, 9.17) is 9.40 Å². The summed E-state index contributed by atoms with van der Waals surface area (Å²) in [6.07, 6.45) is 2.93. The molecule has 0 aliphatic heterocycles. The van der Waals surface area contributed by atoms with E-state index < -0.39 is 0 Å². The summed E-state index contributed by atoms with van der Waals surface area (Å²) in [5, 5.41) is 6.42. The van der Waals surface area contributed by atoms with E-state index in [0.717, 1.165) is 23.5 Å². The molecule has 6 rings (SSSR count). The topological polar surface area (TPSA) is 26.0 Å². The molecule has 0 saturated carbocycles.